The minimum absolute atomic E-state index is 0.0105. The number of carbonyl (C=O) groups is 1. The fourth-order valence-electron chi connectivity index (χ4n) is 2.44. The van der Waals surface area contributed by atoms with Gasteiger partial charge in [0.05, 0.1) is 5.41 Å². The Balaban J connectivity index is 2.23. The van der Waals surface area contributed by atoms with Crippen molar-refractivity contribution in [2.75, 3.05) is 5.32 Å². The molecule has 0 spiro atoms. The van der Waals surface area contributed by atoms with Gasteiger partial charge in [0.1, 0.15) is 0 Å². The SMILES string of the molecule is Cc1ccc(C(C)(C)C(=O)Nc2cc(C)cc(C)c2)cc1. The molecule has 1 amide bonds. The van der Waals surface area contributed by atoms with Gasteiger partial charge in [0.25, 0.3) is 0 Å². The van der Waals surface area contributed by atoms with Crippen molar-refractivity contribution in [3.8, 4) is 0 Å². The van der Waals surface area contributed by atoms with Gasteiger partial charge in [-0.15, -0.1) is 0 Å². The number of rotatable bonds is 3. The van der Waals surface area contributed by atoms with Crippen molar-refractivity contribution in [1.82, 2.24) is 0 Å². The lowest BCUT2D eigenvalue weighted by atomic mass is 9.83. The number of hydrogen-bond donors (Lipinski definition) is 1. The smallest absolute Gasteiger partial charge is 0.234 e. The summed E-state index contributed by atoms with van der Waals surface area (Å²) < 4.78 is 0. The van der Waals surface area contributed by atoms with Gasteiger partial charge in [-0.25, -0.2) is 0 Å². The molecule has 110 valence electrons. The van der Waals surface area contributed by atoms with Crippen molar-refractivity contribution < 1.29 is 4.79 Å². The minimum atomic E-state index is -0.564. The zero-order chi connectivity index (χ0) is 15.6. The van der Waals surface area contributed by atoms with Crippen molar-refractivity contribution in [2.45, 2.75) is 40.0 Å². The van der Waals surface area contributed by atoms with Crippen LogP contribution < -0.4 is 5.32 Å². The van der Waals surface area contributed by atoms with Gasteiger partial charge in [-0.3, -0.25) is 4.79 Å². The zero-order valence-corrected chi connectivity index (χ0v) is 13.4. The molecule has 0 fully saturated rings. The maximum absolute atomic E-state index is 12.6. The highest BCUT2D eigenvalue weighted by Crippen LogP contribution is 2.26. The molecule has 2 rings (SSSR count). The topological polar surface area (TPSA) is 29.1 Å². The summed E-state index contributed by atoms with van der Waals surface area (Å²) in [5.41, 5.74) is 4.82. The molecule has 2 nitrogen and oxygen atoms in total. The van der Waals surface area contributed by atoms with Crippen LogP contribution in [0, 0.1) is 20.8 Å². The highest BCUT2D eigenvalue weighted by Gasteiger charge is 2.29. The minimum Gasteiger partial charge on any atom is -0.325 e. The van der Waals surface area contributed by atoms with E-state index in [1.807, 2.05) is 71.0 Å². The molecule has 0 bridgehead atoms. The van der Waals surface area contributed by atoms with E-state index in [0.717, 1.165) is 22.4 Å². The normalized spacial score (nSPS) is 11.3. The van der Waals surface area contributed by atoms with Gasteiger partial charge in [0, 0.05) is 5.69 Å². The van der Waals surface area contributed by atoms with Gasteiger partial charge >= 0.3 is 0 Å². The Morgan fingerprint density at radius 2 is 1.38 bits per heavy atom. The molecule has 0 saturated heterocycles. The first kappa shape index (κ1) is 15.3. The molecule has 0 aliphatic rings. The van der Waals surface area contributed by atoms with Crippen LogP contribution in [-0.4, -0.2) is 5.91 Å². The third kappa shape index (κ3) is 3.52. The average Bonchev–Trinajstić information content (AvgIpc) is 2.37. The molecule has 2 aromatic carbocycles. The second-order valence-corrected chi connectivity index (χ2v) is 6.32. The molecular formula is C19H23NO. The lowest BCUT2D eigenvalue weighted by Crippen LogP contribution is -2.34. The molecule has 2 heteroatoms. The van der Waals surface area contributed by atoms with E-state index >= 15 is 0 Å². The Morgan fingerprint density at radius 3 is 1.90 bits per heavy atom. The summed E-state index contributed by atoms with van der Waals surface area (Å²) in [7, 11) is 0. The Labute approximate surface area is 127 Å². The molecule has 0 aliphatic carbocycles. The van der Waals surface area contributed by atoms with E-state index in [9.17, 15) is 4.79 Å². The number of anilines is 1. The highest BCUT2D eigenvalue weighted by molar-refractivity contribution is 5.98. The highest BCUT2D eigenvalue weighted by atomic mass is 16.2. The van der Waals surface area contributed by atoms with Crippen LogP contribution in [0.4, 0.5) is 5.69 Å². The number of aryl methyl sites for hydroxylation is 3. The lowest BCUT2D eigenvalue weighted by Gasteiger charge is -2.24. The van der Waals surface area contributed by atoms with Gasteiger partial charge < -0.3 is 5.32 Å². The second kappa shape index (κ2) is 5.72. The van der Waals surface area contributed by atoms with E-state index in [4.69, 9.17) is 0 Å². The van der Waals surface area contributed by atoms with Crippen LogP contribution in [0.3, 0.4) is 0 Å². The van der Waals surface area contributed by atoms with Gasteiger partial charge in [0.2, 0.25) is 5.91 Å². The van der Waals surface area contributed by atoms with E-state index in [-0.39, 0.29) is 5.91 Å². The van der Waals surface area contributed by atoms with Crippen LogP contribution >= 0.6 is 0 Å². The second-order valence-electron chi connectivity index (χ2n) is 6.32. The van der Waals surface area contributed by atoms with Gasteiger partial charge in [-0.05, 0) is 63.4 Å². The van der Waals surface area contributed by atoms with Crippen LogP contribution in [0.25, 0.3) is 0 Å². The fraction of sp³-hybridized carbons (Fsp3) is 0.316. The third-order valence-corrected chi connectivity index (χ3v) is 3.82. The Hall–Kier alpha value is -2.09. The van der Waals surface area contributed by atoms with E-state index in [1.54, 1.807) is 0 Å². The quantitative estimate of drug-likeness (QED) is 0.880. The largest absolute Gasteiger partial charge is 0.325 e. The molecule has 2 aromatic rings. The first-order valence-electron chi connectivity index (χ1n) is 7.26. The molecule has 0 aromatic heterocycles. The van der Waals surface area contributed by atoms with Crippen molar-refractivity contribution in [3.05, 3.63) is 64.7 Å². The van der Waals surface area contributed by atoms with Gasteiger partial charge in [-0.1, -0.05) is 35.9 Å². The molecule has 21 heavy (non-hydrogen) atoms. The summed E-state index contributed by atoms with van der Waals surface area (Å²) in [6.07, 6.45) is 0. The van der Waals surface area contributed by atoms with E-state index in [2.05, 4.69) is 11.4 Å². The maximum atomic E-state index is 12.6. The summed E-state index contributed by atoms with van der Waals surface area (Å²) in [6.45, 7) is 10.0. The van der Waals surface area contributed by atoms with E-state index in [1.165, 1.54) is 5.56 Å². The number of amides is 1. The number of benzene rings is 2. The van der Waals surface area contributed by atoms with Crippen molar-refractivity contribution >= 4 is 11.6 Å². The van der Waals surface area contributed by atoms with Crippen molar-refractivity contribution in [3.63, 3.8) is 0 Å². The van der Waals surface area contributed by atoms with Crippen LogP contribution in [0.5, 0.6) is 0 Å². The third-order valence-electron chi connectivity index (χ3n) is 3.82. The summed E-state index contributed by atoms with van der Waals surface area (Å²) >= 11 is 0. The monoisotopic (exact) mass is 281 g/mol. The molecule has 0 unspecified atom stereocenters. The van der Waals surface area contributed by atoms with Crippen LogP contribution in [0.15, 0.2) is 42.5 Å². The summed E-state index contributed by atoms with van der Waals surface area (Å²) in [5, 5.41) is 3.04. The van der Waals surface area contributed by atoms with E-state index < -0.39 is 5.41 Å². The first-order chi connectivity index (χ1) is 9.79. The average molecular weight is 281 g/mol. The molecule has 0 atom stereocenters. The standard InChI is InChI=1S/C19H23NO/c1-13-6-8-16(9-7-13)19(4,5)18(21)20-17-11-14(2)10-15(3)12-17/h6-12H,1-5H3,(H,20,21). The summed E-state index contributed by atoms with van der Waals surface area (Å²) in [4.78, 5) is 12.6. The van der Waals surface area contributed by atoms with Crippen LogP contribution in [0.2, 0.25) is 0 Å². The molecule has 0 heterocycles. The molecule has 0 saturated carbocycles. The van der Waals surface area contributed by atoms with Gasteiger partial charge in [-0.2, -0.15) is 0 Å². The molecule has 1 N–H and O–H groups in total. The number of hydrogen-bond acceptors (Lipinski definition) is 1. The Bertz CT molecular complexity index is 634. The lowest BCUT2D eigenvalue weighted by molar-refractivity contribution is -0.120. The molecular weight excluding hydrogens is 258 g/mol. The predicted molar refractivity (Wildman–Crippen MR) is 88.8 cm³/mol. The van der Waals surface area contributed by atoms with Crippen LogP contribution in [-0.2, 0) is 10.2 Å². The first-order valence-corrected chi connectivity index (χ1v) is 7.26. The van der Waals surface area contributed by atoms with Crippen molar-refractivity contribution in [1.29, 1.82) is 0 Å². The number of nitrogens with one attached hydrogen (secondary N) is 1. The van der Waals surface area contributed by atoms with E-state index in [0.29, 0.717) is 0 Å². The summed E-state index contributed by atoms with van der Waals surface area (Å²) in [5.74, 6) is 0.0105. The number of carbonyl (C=O) groups excluding carboxylic acids is 1. The molecule has 0 radical (unpaired) electrons. The maximum Gasteiger partial charge on any atom is 0.234 e. The zero-order valence-electron chi connectivity index (χ0n) is 13.4. The van der Waals surface area contributed by atoms with Crippen LogP contribution in [0.1, 0.15) is 36.1 Å². The fourth-order valence-corrected chi connectivity index (χ4v) is 2.44. The Morgan fingerprint density at radius 1 is 0.857 bits per heavy atom. The summed E-state index contributed by atoms with van der Waals surface area (Å²) in [6, 6.07) is 14.2. The van der Waals surface area contributed by atoms with Crippen molar-refractivity contribution in [2.24, 2.45) is 0 Å². The van der Waals surface area contributed by atoms with Gasteiger partial charge in [0.15, 0.2) is 0 Å². The predicted octanol–water partition coefficient (Wildman–Crippen LogP) is 4.53. The molecule has 0 aliphatic heterocycles. The Kier molecular flexibility index (Phi) is 4.17.